The molecule has 2 N–H and O–H groups in total. The Labute approximate surface area is 78.2 Å². The van der Waals surface area contributed by atoms with Gasteiger partial charge in [0.1, 0.15) is 0 Å². The Balaban J connectivity index is 2.78. The normalized spacial score (nSPS) is 10.7. The number of hydrogen-bond donors (Lipinski definition) is 1. The number of aryl methyl sites for hydroxylation is 1. The van der Waals surface area contributed by atoms with Gasteiger partial charge in [0.2, 0.25) is 0 Å². The molecule has 1 aromatic heterocycles. The molecule has 0 spiro atoms. The predicted molar refractivity (Wildman–Crippen MR) is 54.6 cm³/mol. The van der Waals surface area contributed by atoms with Gasteiger partial charge in [-0.2, -0.15) is 0 Å². The molecule has 13 heavy (non-hydrogen) atoms. The molecule has 0 saturated carbocycles. The Morgan fingerprint density at radius 2 is 2.23 bits per heavy atom. The molecule has 0 aliphatic carbocycles. The average Bonchev–Trinajstić information content (AvgIpc) is 2.07. The molecule has 0 radical (unpaired) electrons. The molecule has 0 bridgehead atoms. The lowest BCUT2D eigenvalue weighted by atomic mass is 10.1. The van der Waals surface area contributed by atoms with Gasteiger partial charge in [0, 0.05) is 12.7 Å². The van der Waals surface area contributed by atoms with Crippen molar-refractivity contribution in [3.63, 3.8) is 0 Å². The highest BCUT2D eigenvalue weighted by molar-refractivity contribution is 5.33. The van der Waals surface area contributed by atoms with Crippen LogP contribution >= 0.6 is 0 Å². The quantitative estimate of drug-likeness (QED) is 0.765. The van der Waals surface area contributed by atoms with Crippen LogP contribution in [0, 0.1) is 5.92 Å². The Bertz CT molecular complexity index is 328. The van der Waals surface area contributed by atoms with E-state index in [-0.39, 0.29) is 5.56 Å². The summed E-state index contributed by atoms with van der Waals surface area (Å²) in [7, 11) is 0. The minimum atomic E-state index is -0.0804. The van der Waals surface area contributed by atoms with Crippen LogP contribution in [0.3, 0.4) is 0 Å². The standard InChI is InChI=1S/C10H16N2O/c1-8(2)5-7-12-6-3-4-9(11)10(12)13/h3-4,6,8H,5,7,11H2,1-2H3. The highest BCUT2D eigenvalue weighted by Crippen LogP contribution is 2.01. The van der Waals surface area contributed by atoms with Gasteiger partial charge < -0.3 is 10.3 Å². The third-order valence-corrected chi connectivity index (χ3v) is 2.00. The number of rotatable bonds is 3. The molecular formula is C10H16N2O. The van der Waals surface area contributed by atoms with E-state index >= 15 is 0 Å². The van der Waals surface area contributed by atoms with Crippen LogP contribution in [0.15, 0.2) is 23.1 Å². The van der Waals surface area contributed by atoms with Crippen molar-refractivity contribution in [2.75, 3.05) is 5.73 Å². The summed E-state index contributed by atoms with van der Waals surface area (Å²) >= 11 is 0. The van der Waals surface area contributed by atoms with Crippen molar-refractivity contribution in [3.8, 4) is 0 Å². The number of nitrogens with zero attached hydrogens (tertiary/aromatic N) is 1. The van der Waals surface area contributed by atoms with E-state index in [1.807, 2.05) is 0 Å². The zero-order valence-corrected chi connectivity index (χ0v) is 8.16. The maximum absolute atomic E-state index is 11.4. The fraction of sp³-hybridized carbons (Fsp3) is 0.500. The van der Waals surface area contributed by atoms with E-state index in [9.17, 15) is 4.79 Å². The summed E-state index contributed by atoms with van der Waals surface area (Å²) in [4.78, 5) is 11.4. The number of anilines is 1. The van der Waals surface area contributed by atoms with E-state index in [0.717, 1.165) is 13.0 Å². The van der Waals surface area contributed by atoms with Gasteiger partial charge in [0.15, 0.2) is 0 Å². The first kappa shape index (κ1) is 9.84. The smallest absolute Gasteiger partial charge is 0.273 e. The molecule has 3 nitrogen and oxygen atoms in total. The molecule has 0 unspecified atom stereocenters. The van der Waals surface area contributed by atoms with Crippen LogP contribution in [0.1, 0.15) is 20.3 Å². The van der Waals surface area contributed by atoms with Crippen LogP contribution in [0.4, 0.5) is 5.69 Å². The molecule has 0 aliphatic rings. The second-order valence-electron chi connectivity index (χ2n) is 3.64. The molecule has 0 amide bonds. The summed E-state index contributed by atoms with van der Waals surface area (Å²) in [6.07, 6.45) is 2.78. The van der Waals surface area contributed by atoms with Crippen molar-refractivity contribution in [3.05, 3.63) is 28.7 Å². The third kappa shape index (κ3) is 2.61. The van der Waals surface area contributed by atoms with Gasteiger partial charge in [-0.05, 0) is 24.5 Å². The molecule has 1 rings (SSSR count). The Kier molecular flexibility index (Phi) is 3.12. The van der Waals surface area contributed by atoms with Crippen LogP contribution < -0.4 is 11.3 Å². The van der Waals surface area contributed by atoms with Crippen LogP contribution in [0.2, 0.25) is 0 Å². The predicted octanol–water partition coefficient (Wildman–Crippen LogP) is 1.48. The number of nitrogen functional groups attached to an aromatic ring is 1. The molecule has 1 aromatic rings. The summed E-state index contributed by atoms with van der Waals surface area (Å²) in [5.41, 5.74) is 5.74. The van der Waals surface area contributed by atoms with Gasteiger partial charge in [-0.15, -0.1) is 0 Å². The highest BCUT2D eigenvalue weighted by Gasteiger charge is 1.99. The molecule has 0 saturated heterocycles. The van der Waals surface area contributed by atoms with E-state index in [1.54, 1.807) is 22.9 Å². The summed E-state index contributed by atoms with van der Waals surface area (Å²) in [6.45, 7) is 5.02. The van der Waals surface area contributed by atoms with Gasteiger partial charge in [-0.3, -0.25) is 4.79 Å². The molecular weight excluding hydrogens is 164 g/mol. The molecule has 72 valence electrons. The Morgan fingerprint density at radius 1 is 1.54 bits per heavy atom. The van der Waals surface area contributed by atoms with Crippen molar-refractivity contribution in [1.82, 2.24) is 4.57 Å². The van der Waals surface area contributed by atoms with Gasteiger partial charge in [0.25, 0.3) is 5.56 Å². The van der Waals surface area contributed by atoms with E-state index in [2.05, 4.69) is 13.8 Å². The Hall–Kier alpha value is -1.25. The second-order valence-corrected chi connectivity index (χ2v) is 3.64. The maximum Gasteiger partial charge on any atom is 0.273 e. The zero-order valence-electron chi connectivity index (χ0n) is 8.16. The van der Waals surface area contributed by atoms with Gasteiger partial charge in [0.05, 0.1) is 5.69 Å². The van der Waals surface area contributed by atoms with Crippen LogP contribution in [0.5, 0.6) is 0 Å². The molecule has 0 atom stereocenters. The molecule has 0 fully saturated rings. The monoisotopic (exact) mass is 180 g/mol. The number of pyridine rings is 1. The summed E-state index contributed by atoms with van der Waals surface area (Å²) in [5.74, 6) is 0.605. The lowest BCUT2D eigenvalue weighted by molar-refractivity contribution is 0.508. The van der Waals surface area contributed by atoms with Crippen molar-refractivity contribution in [1.29, 1.82) is 0 Å². The second kappa shape index (κ2) is 4.12. The van der Waals surface area contributed by atoms with E-state index < -0.39 is 0 Å². The molecule has 0 aliphatic heterocycles. The fourth-order valence-electron chi connectivity index (χ4n) is 1.13. The van der Waals surface area contributed by atoms with Crippen molar-refractivity contribution in [2.45, 2.75) is 26.8 Å². The number of nitrogens with two attached hydrogens (primary N) is 1. The maximum atomic E-state index is 11.4. The summed E-state index contributed by atoms with van der Waals surface area (Å²) in [5, 5.41) is 0. The topological polar surface area (TPSA) is 48.0 Å². The van der Waals surface area contributed by atoms with Gasteiger partial charge in [-0.1, -0.05) is 13.8 Å². The minimum Gasteiger partial charge on any atom is -0.394 e. The van der Waals surface area contributed by atoms with Crippen LogP contribution in [-0.2, 0) is 6.54 Å². The first-order chi connectivity index (χ1) is 6.11. The average molecular weight is 180 g/mol. The van der Waals surface area contributed by atoms with E-state index in [1.165, 1.54) is 0 Å². The number of hydrogen-bond acceptors (Lipinski definition) is 2. The minimum absolute atomic E-state index is 0.0804. The SMILES string of the molecule is CC(C)CCn1cccc(N)c1=O. The van der Waals surface area contributed by atoms with Gasteiger partial charge >= 0.3 is 0 Å². The third-order valence-electron chi connectivity index (χ3n) is 2.00. The van der Waals surface area contributed by atoms with Crippen LogP contribution in [0.25, 0.3) is 0 Å². The van der Waals surface area contributed by atoms with Crippen molar-refractivity contribution in [2.24, 2.45) is 5.92 Å². The van der Waals surface area contributed by atoms with Crippen molar-refractivity contribution < 1.29 is 0 Å². The summed E-state index contributed by atoms with van der Waals surface area (Å²) < 4.78 is 1.66. The zero-order chi connectivity index (χ0) is 9.84. The molecule has 1 heterocycles. The largest absolute Gasteiger partial charge is 0.394 e. The van der Waals surface area contributed by atoms with E-state index in [4.69, 9.17) is 5.73 Å². The molecule has 3 heteroatoms. The first-order valence-corrected chi connectivity index (χ1v) is 4.56. The van der Waals surface area contributed by atoms with Crippen molar-refractivity contribution >= 4 is 5.69 Å². The van der Waals surface area contributed by atoms with E-state index in [0.29, 0.717) is 11.6 Å². The van der Waals surface area contributed by atoms with Crippen LogP contribution in [-0.4, -0.2) is 4.57 Å². The lowest BCUT2D eigenvalue weighted by Gasteiger charge is -2.07. The molecule has 0 aromatic carbocycles. The Morgan fingerprint density at radius 3 is 2.85 bits per heavy atom. The number of aromatic nitrogens is 1. The highest BCUT2D eigenvalue weighted by atomic mass is 16.1. The summed E-state index contributed by atoms with van der Waals surface area (Å²) in [6, 6.07) is 3.44. The fourth-order valence-corrected chi connectivity index (χ4v) is 1.13. The first-order valence-electron chi connectivity index (χ1n) is 4.56. The van der Waals surface area contributed by atoms with Gasteiger partial charge in [-0.25, -0.2) is 0 Å². The lowest BCUT2D eigenvalue weighted by Crippen LogP contribution is -2.22.